The number of rotatable bonds is 4. The number of benzene rings is 1. The molecule has 0 atom stereocenters. The monoisotopic (exact) mass is 365 g/mol. The highest BCUT2D eigenvalue weighted by Crippen LogP contribution is 2.33. The zero-order valence-electron chi connectivity index (χ0n) is 13.2. The number of fused-ring (bicyclic) bond motifs is 1. The van der Waals surface area contributed by atoms with E-state index in [4.69, 9.17) is 0 Å². The molecule has 1 amide bonds. The number of nitrogens with one attached hydrogen (secondary N) is 1. The normalized spacial score (nSPS) is 19.5. The van der Waals surface area contributed by atoms with Crippen molar-refractivity contribution < 1.29 is 13.2 Å². The highest BCUT2D eigenvalue weighted by atomic mass is 32.2. The molecule has 1 aromatic heterocycles. The van der Waals surface area contributed by atoms with Crippen molar-refractivity contribution in [2.75, 3.05) is 18.4 Å². The van der Waals surface area contributed by atoms with E-state index in [0.29, 0.717) is 28.6 Å². The van der Waals surface area contributed by atoms with Gasteiger partial charge in [0.15, 0.2) is 5.13 Å². The van der Waals surface area contributed by atoms with E-state index in [2.05, 4.69) is 10.3 Å². The molecule has 2 heterocycles. The fourth-order valence-corrected chi connectivity index (χ4v) is 5.45. The van der Waals surface area contributed by atoms with Gasteiger partial charge in [0.25, 0.3) is 0 Å². The first-order valence-corrected chi connectivity index (χ1v) is 10.5. The maximum atomic E-state index is 12.8. The molecule has 0 radical (unpaired) electrons. The fourth-order valence-electron chi connectivity index (χ4n) is 2.93. The van der Waals surface area contributed by atoms with Crippen molar-refractivity contribution in [1.29, 1.82) is 0 Å². The first-order chi connectivity index (χ1) is 11.5. The number of piperidine rings is 1. The van der Waals surface area contributed by atoms with Gasteiger partial charge in [-0.2, -0.15) is 4.31 Å². The van der Waals surface area contributed by atoms with Gasteiger partial charge in [-0.3, -0.25) is 4.79 Å². The van der Waals surface area contributed by atoms with Gasteiger partial charge in [0.1, 0.15) is 0 Å². The van der Waals surface area contributed by atoms with Crippen molar-refractivity contribution in [1.82, 2.24) is 9.29 Å². The summed E-state index contributed by atoms with van der Waals surface area (Å²) in [5, 5.41) is 3.36. The minimum atomic E-state index is -3.45. The van der Waals surface area contributed by atoms with Gasteiger partial charge in [-0.15, -0.1) is 0 Å². The lowest BCUT2D eigenvalue weighted by molar-refractivity contribution is -0.117. The molecule has 128 valence electrons. The summed E-state index contributed by atoms with van der Waals surface area (Å²) in [7, 11) is -3.45. The quantitative estimate of drug-likeness (QED) is 0.903. The van der Waals surface area contributed by atoms with Crippen LogP contribution in [0.5, 0.6) is 0 Å². The van der Waals surface area contributed by atoms with E-state index in [0.717, 1.165) is 36.8 Å². The van der Waals surface area contributed by atoms with Crippen molar-refractivity contribution in [2.45, 2.75) is 37.0 Å². The van der Waals surface area contributed by atoms with Crippen LogP contribution in [0.25, 0.3) is 10.2 Å². The SMILES string of the molecule is O=C(Nc1nc2ccc(S(=O)(=O)N3CCCCC3)cc2s1)C1CC1. The molecule has 2 aliphatic rings. The Morgan fingerprint density at radius 1 is 1.21 bits per heavy atom. The van der Waals surface area contributed by atoms with Crippen LogP contribution in [0.15, 0.2) is 23.1 Å². The van der Waals surface area contributed by atoms with E-state index < -0.39 is 10.0 Å². The largest absolute Gasteiger partial charge is 0.302 e. The second kappa shape index (κ2) is 6.09. The van der Waals surface area contributed by atoms with E-state index in [-0.39, 0.29) is 11.8 Å². The Kier molecular flexibility index (Phi) is 4.06. The lowest BCUT2D eigenvalue weighted by Gasteiger charge is -2.25. The molecule has 8 heteroatoms. The molecule has 0 bridgehead atoms. The van der Waals surface area contributed by atoms with Gasteiger partial charge in [0.05, 0.1) is 15.1 Å². The Morgan fingerprint density at radius 2 is 1.96 bits per heavy atom. The molecule has 1 saturated heterocycles. The smallest absolute Gasteiger partial charge is 0.243 e. The second-order valence-corrected chi connectivity index (χ2v) is 9.35. The molecular formula is C16H19N3O3S2. The predicted molar refractivity (Wildman–Crippen MR) is 93.6 cm³/mol. The van der Waals surface area contributed by atoms with Crippen LogP contribution in [0.3, 0.4) is 0 Å². The standard InChI is InChI=1S/C16H19N3O3S2/c20-15(11-4-5-11)18-16-17-13-7-6-12(10-14(13)23-16)24(21,22)19-8-2-1-3-9-19/h6-7,10-11H,1-5,8-9H2,(H,17,18,20). The Labute approximate surface area is 144 Å². The molecule has 1 N–H and O–H groups in total. The number of amides is 1. The third-order valence-corrected chi connectivity index (χ3v) is 7.32. The van der Waals surface area contributed by atoms with Crippen LogP contribution in [0.2, 0.25) is 0 Å². The number of sulfonamides is 1. The van der Waals surface area contributed by atoms with Gasteiger partial charge in [0.2, 0.25) is 15.9 Å². The van der Waals surface area contributed by atoms with Crippen molar-refractivity contribution in [3.8, 4) is 0 Å². The second-order valence-electron chi connectivity index (χ2n) is 6.38. The number of hydrogen-bond donors (Lipinski definition) is 1. The average molecular weight is 365 g/mol. The van der Waals surface area contributed by atoms with Crippen LogP contribution in [0.4, 0.5) is 5.13 Å². The summed E-state index contributed by atoms with van der Waals surface area (Å²) in [6.45, 7) is 1.18. The molecule has 1 aromatic carbocycles. The average Bonchev–Trinajstić information content (AvgIpc) is 3.36. The summed E-state index contributed by atoms with van der Waals surface area (Å²) in [4.78, 5) is 16.5. The van der Waals surface area contributed by atoms with Crippen molar-refractivity contribution in [3.63, 3.8) is 0 Å². The predicted octanol–water partition coefficient (Wildman–Crippen LogP) is 2.82. The minimum Gasteiger partial charge on any atom is -0.302 e. The topological polar surface area (TPSA) is 79.4 Å². The number of hydrogen-bond acceptors (Lipinski definition) is 5. The Hall–Kier alpha value is -1.51. The van der Waals surface area contributed by atoms with Crippen LogP contribution in [0, 0.1) is 5.92 Å². The molecule has 2 aromatic rings. The molecule has 1 aliphatic heterocycles. The maximum Gasteiger partial charge on any atom is 0.243 e. The summed E-state index contributed by atoms with van der Waals surface area (Å²) in [6, 6.07) is 5.00. The van der Waals surface area contributed by atoms with Gasteiger partial charge in [-0.1, -0.05) is 17.8 Å². The van der Waals surface area contributed by atoms with Crippen LogP contribution >= 0.6 is 11.3 Å². The lowest BCUT2D eigenvalue weighted by atomic mass is 10.2. The first-order valence-electron chi connectivity index (χ1n) is 8.26. The Bertz CT molecular complexity index is 881. The summed E-state index contributed by atoms with van der Waals surface area (Å²) >= 11 is 1.32. The van der Waals surface area contributed by atoms with E-state index in [1.54, 1.807) is 22.5 Å². The van der Waals surface area contributed by atoms with Gasteiger partial charge in [-0.25, -0.2) is 13.4 Å². The third-order valence-electron chi connectivity index (χ3n) is 4.49. The fraction of sp³-hybridized carbons (Fsp3) is 0.500. The molecular weight excluding hydrogens is 346 g/mol. The molecule has 0 unspecified atom stereocenters. The van der Waals surface area contributed by atoms with Gasteiger partial charge < -0.3 is 5.32 Å². The Balaban J connectivity index is 1.61. The number of aromatic nitrogens is 1. The molecule has 0 spiro atoms. The summed E-state index contributed by atoms with van der Waals surface area (Å²) < 4.78 is 27.8. The third kappa shape index (κ3) is 3.05. The van der Waals surface area contributed by atoms with Crippen molar-refractivity contribution in [3.05, 3.63) is 18.2 Å². The molecule has 2 fully saturated rings. The van der Waals surface area contributed by atoms with Gasteiger partial charge >= 0.3 is 0 Å². The lowest BCUT2D eigenvalue weighted by Crippen LogP contribution is -2.35. The van der Waals surface area contributed by atoms with Gasteiger partial charge in [0, 0.05) is 19.0 Å². The minimum absolute atomic E-state index is 0.00946. The number of nitrogens with zero attached hydrogens (tertiary/aromatic N) is 2. The van der Waals surface area contributed by atoms with Gasteiger partial charge in [-0.05, 0) is 43.9 Å². The zero-order chi connectivity index (χ0) is 16.7. The molecule has 24 heavy (non-hydrogen) atoms. The molecule has 4 rings (SSSR count). The highest BCUT2D eigenvalue weighted by molar-refractivity contribution is 7.89. The molecule has 6 nitrogen and oxygen atoms in total. The maximum absolute atomic E-state index is 12.8. The van der Waals surface area contributed by atoms with E-state index in [9.17, 15) is 13.2 Å². The summed E-state index contributed by atoms with van der Waals surface area (Å²) in [5.74, 6) is 0.127. The van der Waals surface area contributed by atoms with E-state index in [1.807, 2.05) is 0 Å². The van der Waals surface area contributed by atoms with Crippen LogP contribution < -0.4 is 5.32 Å². The van der Waals surface area contributed by atoms with Crippen molar-refractivity contribution >= 4 is 42.6 Å². The molecule has 1 aliphatic carbocycles. The molecule has 1 saturated carbocycles. The summed E-state index contributed by atoms with van der Waals surface area (Å²) in [5.41, 5.74) is 0.712. The number of carbonyl (C=O) groups is 1. The van der Waals surface area contributed by atoms with Crippen molar-refractivity contribution in [2.24, 2.45) is 5.92 Å². The van der Waals surface area contributed by atoms with E-state index in [1.165, 1.54) is 11.3 Å². The highest BCUT2D eigenvalue weighted by Gasteiger charge is 2.30. The number of anilines is 1. The van der Waals surface area contributed by atoms with Crippen LogP contribution in [-0.2, 0) is 14.8 Å². The first kappa shape index (κ1) is 16.0. The van der Waals surface area contributed by atoms with E-state index >= 15 is 0 Å². The number of thiazole rings is 1. The Morgan fingerprint density at radius 3 is 2.67 bits per heavy atom. The van der Waals surface area contributed by atoms with Crippen LogP contribution in [0.1, 0.15) is 32.1 Å². The van der Waals surface area contributed by atoms with Crippen LogP contribution in [-0.4, -0.2) is 36.7 Å². The zero-order valence-corrected chi connectivity index (χ0v) is 14.8. The number of carbonyl (C=O) groups excluding carboxylic acids is 1. The summed E-state index contributed by atoms with van der Waals surface area (Å²) in [6.07, 6.45) is 4.80.